The van der Waals surface area contributed by atoms with Crippen molar-refractivity contribution >= 4 is 41.1 Å². The van der Waals surface area contributed by atoms with Crippen LogP contribution in [0, 0.1) is 0 Å². The molecule has 19 heavy (non-hydrogen) atoms. The first kappa shape index (κ1) is 13.0. The van der Waals surface area contributed by atoms with Crippen LogP contribution in [0.15, 0.2) is 17.3 Å². The van der Waals surface area contributed by atoms with Crippen LogP contribution in [0.25, 0.3) is 0 Å². The van der Waals surface area contributed by atoms with Gasteiger partial charge in [-0.1, -0.05) is 23.2 Å². The molecule has 0 spiro atoms. The van der Waals surface area contributed by atoms with Crippen molar-refractivity contribution in [1.29, 1.82) is 0 Å². The first-order chi connectivity index (χ1) is 9.13. The number of hydrogen-bond acceptors (Lipinski definition) is 5. The Labute approximate surface area is 124 Å². The monoisotopic (exact) mass is 315 g/mol. The van der Waals surface area contributed by atoms with E-state index >= 15 is 0 Å². The van der Waals surface area contributed by atoms with Gasteiger partial charge >= 0.3 is 0 Å². The minimum atomic E-state index is 0.410. The Morgan fingerprint density at radius 3 is 2.53 bits per heavy atom. The molecule has 0 bridgehead atoms. The number of aryl methyl sites for hydroxylation is 1. The van der Waals surface area contributed by atoms with E-state index < -0.39 is 0 Å². The van der Waals surface area contributed by atoms with Crippen molar-refractivity contribution in [2.75, 3.05) is 4.72 Å². The molecule has 2 heterocycles. The van der Waals surface area contributed by atoms with Crippen LogP contribution in [-0.4, -0.2) is 19.7 Å². The molecule has 1 saturated carbocycles. The minimum Gasteiger partial charge on any atom is -0.294 e. The van der Waals surface area contributed by atoms with Gasteiger partial charge in [-0.25, -0.2) is 0 Å². The fourth-order valence-corrected chi connectivity index (χ4v) is 3.03. The Bertz CT molecular complexity index is 588. The quantitative estimate of drug-likeness (QED) is 0.691. The lowest BCUT2D eigenvalue weighted by Crippen LogP contribution is -1.99. The van der Waals surface area contributed by atoms with Gasteiger partial charge in [0, 0.05) is 18.8 Å². The molecule has 1 fully saturated rings. The Morgan fingerprint density at radius 1 is 1.32 bits per heavy atom. The lowest BCUT2D eigenvalue weighted by molar-refractivity contribution is 0.766. The Morgan fingerprint density at radius 2 is 2.00 bits per heavy atom. The molecule has 1 aliphatic carbocycles. The van der Waals surface area contributed by atoms with Crippen molar-refractivity contribution in [2.24, 2.45) is 7.05 Å². The van der Waals surface area contributed by atoms with Gasteiger partial charge in [-0.15, -0.1) is 0 Å². The summed E-state index contributed by atoms with van der Waals surface area (Å²) in [6.07, 6.45) is 5.86. The number of nitrogens with one attached hydrogen (secondary N) is 1. The number of nitrogens with zero attached hydrogens (tertiary/aromatic N) is 4. The third kappa shape index (κ3) is 2.96. The molecule has 1 aliphatic rings. The molecule has 0 saturated heterocycles. The van der Waals surface area contributed by atoms with E-state index in [2.05, 4.69) is 19.8 Å². The molecule has 0 atom stereocenters. The van der Waals surface area contributed by atoms with Gasteiger partial charge in [0.1, 0.15) is 10.3 Å². The number of rotatable bonds is 4. The molecule has 0 amide bonds. The molecule has 0 radical (unpaired) electrons. The predicted molar refractivity (Wildman–Crippen MR) is 76.7 cm³/mol. The third-order valence-electron chi connectivity index (χ3n) is 2.78. The average Bonchev–Trinajstić information content (AvgIpc) is 3.08. The molecule has 2 aromatic heterocycles. The first-order valence-corrected chi connectivity index (χ1v) is 7.35. The number of anilines is 1. The predicted octanol–water partition coefficient (Wildman–Crippen LogP) is 3.51. The first-order valence-electron chi connectivity index (χ1n) is 5.78. The van der Waals surface area contributed by atoms with Gasteiger partial charge in [0.25, 0.3) is 0 Å². The van der Waals surface area contributed by atoms with Gasteiger partial charge in [0.05, 0.1) is 11.1 Å². The maximum absolute atomic E-state index is 6.15. The topological polar surface area (TPSA) is 55.6 Å². The molecular formula is C11H11Cl2N5S. The molecule has 3 rings (SSSR count). The summed E-state index contributed by atoms with van der Waals surface area (Å²) in [6.45, 7) is 0. The summed E-state index contributed by atoms with van der Waals surface area (Å²) in [4.78, 5) is 9.42. The number of aromatic nitrogens is 4. The van der Waals surface area contributed by atoms with E-state index in [0.29, 0.717) is 22.2 Å². The molecule has 8 heteroatoms. The number of hydrogen-bond donors (Lipinski definition) is 1. The van der Waals surface area contributed by atoms with Crippen LogP contribution < -0.4 is 4.72 Å². The third-order valence-corrected chi connectivity index (χ3v) is 4.09. The van der Waals surface area contributed by atoms with Gasteiger partial charge in [0.2, 0.25) is 5.95 Å². The fraction of sp³-hybridized carbons (Fsp3) is 0.364. The molecular weight excluding hydrogens is 305 g/mol. The molecule has 100 valence electrons. The van der Waals surface area contributed by atoms with Crippen LogP contribution in [0.5, 0.6) is 0 Å². The van der Waals surface area contributed by atoms with Crippen molar-refractivity contribution in [3.05, 3.63) is 28.3 Å². The molecule has 0 aliphatic heterocycles. The summed E-state index contributed by atoms with van der Waals surface area (Å²) >= 11 is 13.7. The zero-order valence-corrected chi connectivity index (χ0v) is 12.4. The van der Waals surface area contributed by atoms with E-state index in [1.807, 2.05) is 13.2 Å². The van der Waals surface area contributed by atoms with Gasteiger partial charge in [-0.05, 0) is 30.7 Å². The zero-order chi connectivity index (χ0) is 13.4. The molecule has 0 aromatic carbocycles. The standard InChI is InChI=1S/C11H11Cl2N5S/c1-18-5-7(4-14-18)19-17-11-15-9(12)8(6-2-3-6)10(13)16-11/h4-6H,2-3H2,1H3,(H,15,16,17). The van der Waals surface area contributed by atoms with E-state index in [0.717, 1.165) is 23.3 Å². The summed E-state index contributed by atoms with van der Waals surface area (Å²) < 4.78 is 4.74. The summed E-state index contributed by atoms with van der Waals surface area (Å²) in [5.41, 5.74) is 0.875. The average molecular weight is 316 g/mol. The Kier molecular flexibility index (Phi) is 3.56. The maximum atomic E-state index is 6.15. The van der Waals surface area contributed by atoms with E-state index in [1.165, 1.54) is 11.9 Å². The second-order valence-corrected chi connectivity index (χ2v) is 5.97. The van der Waals surface area contributed by atoms with Crippen molar-refractivity contribution in [1.82, 2.24) is 19.7 Å². The van der Waals surface area contributed by atoms with Gasteiger partial charge < -0.3 is 0 Å². The smallest absolute Gasteiger partial charge is 0.236 e. The van der Waals surface area contributed by atoms with Crippen molar-refractivity contribution < 1.29 is 0 Å². The van der Waals surface area contributed by atoms with Gasteiger partial charge in [-0.3, -0.25) is 9.40 Å². The van der Waals surface area contributed by atoms with Crippen molar-refractivity contribution in [3.63, 3.8) is 0 Å². The van der Waals surface area contributed by atoms with Crippen molar-refractivity contribution in [3.8, 4) is 0 Å². The lowest BCUT2D eigenvalue weighted by atomic mass is 10.2. The maximum Gasteiger partial charge on any atom is 0.236 e. The molecule has 1 N–H and O–H groups in total. The highest BCUT2D eigenvalue weighted by Gasteiger charge is 2.30. The van der Waals surface area contributed by atoms with Crippen LogP contribution in [0.3, 0.4) is 0 Å². The number of halogens is 2. The Balaban J connectivity index is 1.74. The van der Waals surface area contributed by atoms with Crippen LogP contribution in [0.2, 0.25) is 10.3 Å². The highest BCUT2D eigenvalue weighted by molar-refractivity contribution is 8.00. The summed E-state index contributed by atoms with van der Waals surface area (Å²) in [5, 5.41) is 4.96. The molecule has 5 nitrogen and oxygen atoms in total. The Hall–Kier alpha value is -0.980. The zero-order valence-electron chi connectivity index (χ0n) is 10.1. The molecule has 2 aromatic rings. The van der Waals surface area contributed by atoms with Crippen LogP contribution in [-0.2, 0) is 7.05 Å². The summed E-state index contributed by atoms with van der Waals surface area (Å²) in [6, 6.07) is 0. The lowest BCUT2D eigenvalue weighted by Gasteiger charge is -2.07. The normalized spacial score (nSPS) is 14.7. The van der Waals surface area contributed by atoms with E-state index in [-0.39, 0.29) is 0 Å². The highest BCUT2D eigenvalue weighted by Crippen LogP contribution is 2.45. The van der Waals surface area contributed by atoms with Crippen molar-refractivity contribution in [2.45, 2.75) is 23.7 Å². The van der Waals surface area contributed by atoms with E-state index in [4.69, 9.17) is 23.2 Å². The molecule has 0 unspecified atom stereocenters. The fourth-order valence-electron chi connectivity index (χ4n) is 1.73. The summed E-state index contributed by atoms with van der Waals surface area (Å²) in [7, 11) is 1.86. The summed E-state index contributed by atoms with van der Waals surface area (Å²) in [5.74, 6) is 0.841. The highest BCUT2D eigenvalue weighted by atomic mass is 35.5. The van der Waals surface area contributed by atoms with Gasteiger partial charge in [-0.2, -0.15) is 15.1 Å². The van der Waals surface area contributed by atoms with E-state index in [1.54, 1.807) is 10.9 Å². The van der Waals surface area contributed by atoms with Crippen LogP contribution in [0.1, 0.15) is 24.3 Å². The SMILES string of the molecule is Cn1cc(SNc2nc(Cl)c(C3CC3)c(Cl)n2)cn1. The van der Waals surface area contributed by atoms with E-state index in [9.17, 15) is 0 Å². The van der Waals surface area contributed by atoms with Crippen LogP contribution >= 0.6 is 35.1 Å². The van der Waals surface area contributed by atoms with Gasteiger partial charge in [0.15, 0.2) is 0 Å². The van der Waals surface area contributed by atoms with Crippen LogP contribution in [0.4, 0.5) is 5.95 Å². The minimum absolute atomic E-state index is 0.410. The second-order valence-electron chi connectivity index (χ2n) is 4.37. The largest absolute Gasteiger partial charge is 0.294 e. The second kappa shape index (κ2) is 5.19.